The number of imidazole rings is 1. The van der Waals surface area contributed by atoms with Crippen LogP contribution in [0.15, 0.2) is 164 Å². The molecule has 1 heterocycles. The fourth-order valence-corrected chi connectivity index (χ4v) is 7.21. The molecule has 0 amide bonds. The molecule has 0 saturated carbocycles. The van der Waals surface area contributed by atoms with E-state index in [0.717, 1.165) is 12.8 Å². The molecule has 42 heavy (non-hydrogen) atoms. The van der Waals surface area contributed by atoms with Gasteiger partial charge < -0.3 is 4.57 Å². The lowest BCUT2D eigenvalue weighted by atomic mass is 9.43. The molecule has 0 aliphatic rings. The Morgan fingerprint density at radius 1 is 0.667 bits per heavy atom. The number of aryl methyl sites for hydroxylation is 1. The van der Waals surface area contributed by atoms with E-state index in [4.69, 9.17) is 0 Å². The quantitative estimate of drug-likeness (QED) is 0.184. The lowest BCUT2D eigenvalue weighted by Gasteiger charge is -2.36. The SMILES string of the molecule is CB(c1ccccc1)c1ccccc1.CCCc1cccc([Si]C(c2ccccc2)(c2ccccc2)n2ccnc2)c1. The van der Waals surface area contributed by atoms with E-state index in [1.807, 2.05) is 12.5 Å². The average Bonchev–Trinajstić information content (AvgIpc) is 3.61. The highest BCUT2D eigenvalue weighted by Crippen LogP contribution is 2.33. The van der Waals surface area contributed by atoms with E-state index >= 15 is 0 Å². The molecule has 2 radical (unpaired) electrons. The van der Waals surface area contributed by atoms with Crippen LogP contribution >= 0.6 is 0 Å². The molecule has 0 aliphatic carbocycles. The molecule has 0 spiro atoms. The van der Waals surface area contributed by atoms with Crippen molar-refractivity contribution in [3.8, 4) is 0 Å². The van der Waals surface area contributed by atoms with E-state index in [1.165, 1.54) is 32.8 Å². The second kappa shape index (κ2) is 14.5. The van der Waals surface area contributed by atoms with Gasteiger partial charge >= 0.3 is 0 Å². The monoisotopic (exact) mass is 560 g/mol. The Kier molecular flexibility index (Phi) is 10.0. The summed E-state index contributed by atoms with van der Waals surface area (Å²) in [6.45, 7) is 4.96. The first kappa shape index (κ1) is 29.1. The van der Waals surface area contributed by atoms with Gasteiger partial charge in [-0.1, -0.05) is 182 Å². The van der Waals surface area contributed by atoms with Crippen LogP contribution < -0.4 is 16.1 Å². The second-order valence-electron chi connectivity index (χ2n) is 10.5. The molecule has 206 valence electrons. The minimum Gasteiger partial charge on any atom is -0.326 e. The van der Waals surface area contributed by atoms with Crippen molar-refractivity contribution in [2.75, 3.05) is 0 Å². The lowest BCUT2D eigenvalue weighted by molar-refractivity contribution is 0.596. The fraction of sp³-hybridized carbons (Fsp3) is 0.132. The summed E-state index contributed by atoms with van der Waals surface area (Å²) < 4.78 is 2.27. The van der Waals surface area contributed by atoms with E-state index in [0.29, 0.717) is 16.2 Å². The highest BCUT2D eigenvalue weighted by Gasteiger charge is 2.37. The minimum atomic E-state index is -0.316. The van der Waals surface area contributed by atoms with E-state index in [-0.39, 0.29) is 5.16 Å². The summed E-state index contributed by atoms with van der Waals surface area (Å²) in [5, 5.41) is 1.05. The summed E-state index contributed by atoms with van der Waals surface area (Å²) in [7, 11) is 0.539. The van der Waals surface area contributed by atoms with Crippen molar-refractivity contribution in [3.05, 3.63) is 181 Å². The number of hydrogen-bond acceptors (Lipinski definition) is 1. The molecule has 0 fully saturated rings. The summed E-state index contributed by atoms with van der Waals surface area (Å²) in [5.74, 6) is 0. The first-order valence-electron chi connectivity index (χ1n) is 14.8. The molecule has 0 aliphatic heterocycles. The van der Waals surface area contributed by atoms with E-state index in [9.17, 15) is 0 Å². The summed E-state index contributed by atoms with van der Waals surface area (Å²) in [4.78, 5) is 4.40. The molecule has 4 heteroatoms. The van der Waals surface area contributed by atoms with Gasteiger partial charge in [-0.15, -0.1) is 0 Å². The normalized spacial score (nSPS) is 10.9. The van der Waals surface area contributed by atoms with Crippen LogP contribution in [0.4, 0.5) is 0 Å². The molecule has 0 bridgehead atoms. The van der Waals surface area contributed by atoms with Crippen LogP contribution in [0, 0.1) is 0 Å². The van der Waals surface area contributed by atoms with Crippen molar-refractivity contribution in [2.24, 2.45) is 0 Å². The van der Waals surface area contributed by atoms with Crippen molar-refractivity contribution < 1.29 is 0 Å². The fourth-order valence-electron chi connectivity index (χ4n) is 5.47. The van der Waals surface area contributed by atoms with E-state index in [2.05, 4.69) is 175 Å². The van der Waals surface area contributed by atoms with Gasteiger partial charge in [0.15, 0.2) is 0 Å². The maximum absolute atomic E-state index is 4.40. The predicted octanol–water partition coefficient (Wildman–Crippen LogP) is 6.54. The number of nitrogens with zero attached hydrogens (tertiary/aromatic N) is 2. The number of rotatable bonds is 9. The smallest absolute Gasteiger partial charge is 0.206 e. The largest absolute Gasteiger partial charge is 0.326 e. The maximum atomic E-state index is 4.40. The number of benzene rings is 5. The van der Waals surface area contributed by atoms with Crippen LogP contribution in [-0.2, 0) is 11.6 Å². The van der Waals surface area contributed by atoms with Gasteiger partial charge in [-0.25, -0.2) is 4.98 Å². The van der Waals surface area contributed by atoms with Crippen LogP contribution in [0.25, 0.3) is 0 Å². The Balaban J connectivity index is 0.000000211. The molecule has 1 aromatic heterocycles. The van der Waals surface area contributed by atoms with E-state index in [1.54, 1.807) is 0 Å². The van der Waals surface area contributed by atoms with Crippen LogP contribution in [0.1, 0.15) is 30.0 Å². The Morgan fingerprint density at radius 3 is 1.67 bits per heavy atom. The van der Waals surface area contributed by atoms with Crippen molar-refractivity contribution in [3.63, 3.8) is 0 Å². The summed E-state index contributed by atoms with van der Waals surface area (Å²) >= 11 is 0. The Labute approximate surface area is 254 Å². The van der Waals surface area contributed by atoms with Crippen molar-refractivity contribution in [1.29, 1.82) is 0 Å². The van der Waals surface area contributed by atoms with E-state index < -0.39 is 0 Å². The van der Waals surface area contributed by atoms with Gasteiger partial charge in [-0.05, 0) is 23.1 Å². The molecular weight excluding hydrogens is 523 g/mol. The topological polar surface area (TPSA) is 17.8 Å². The minimum absolute atomic E-state index is 0.316. The van der Waals surface area contributed by atoms with Crippen molar-refractivity contribution in [1.82, 2.24) is 9.55 Å². The summed E-state index contributed by atoms with van der Waals surface area (Å²) in [6, 6.07) is 51.9. The maximum Gasteiger partial charge on any atom is 0.206 e. The first-order chi connectivity index (χ1) is 20.7. The molecule has 0 saturated heterocycles. The predicted molar refractivity (Wildman–Crippen MR) is 181 cm³/mol. The Hall–Kier alpha value is -4.41. The van der Waals surface area contributed by atoms with Gasteiger partial charge in [0.2, 0.25) is 6.71 Å². The lowest BCUT2D eigenvalue weighted by Crippen LogP contribution is -2.46. The first-order valence-corrected chi connectivity index (χ1v) is 15.8. The van der Waals surface area contributed by atoms with Gasteiger partial charge in [0.1, 0.15) is 9.52 Å². The molecular formula is C38H37BN2Si. The second-order valence-corrected chi connectivity index (χ2v) is 12.1. The highest BCUT2D eigenvalue weighted by molar-refractivity contribution is 6.84. The van der Waals surface area contributed by atoms with Gasteiger partial charge in [0.25, 0.3) is 0 Å². The molecule has 0 unspecified atom stereocenters. The van der Waals surface area contributed by atoms with Gasteiger partial charge in [0.05, 0.1) is 11.5 Å². The zero-order valence-corrected chi connectivity index (χ0v) is 25.5. The van der Waals surface area contributed by atoms with Crippen LogP contribution in [0.3, 0.4) is 0 Å². The van der Waals surface area contributed by atoms with Gasteiger partial charge in [-0.2, -0.15) is 0 Å². The van der Waals surface area contributed by atoms with Crippen LogP contribution in [0.5, 0.6) is 0 Å². The highest BCUT2D eigenvalue weighted by atomic mass is 28.2. The molecule has 6 rings (SSSR count). The number of aromatic nitrogens is 2. The third-order valence-corrected chi connectivity index (χ3v) is 9.46. The molecule has 2 nitrogen and oxygen atoms in total. The van der Waals surface area contributed by atoms with Crippen molar-refractivity contribution >= 4 is 32.3 Å². The standard InChI is InChI=1S/C25H24N2Si.C13H13B/c1-2-10-21-11-9-16-24(19-21)28-25(27-18-17-26-20-27,22-12-5-3-6-13-22)23-14-7-4-8-15-23;1-14(12-8-4-2-5-9-12)13-10-6-3-7-11-13/h3-9,11-20H,2,10H2,1H3;2-11H,1H3. The Morgan fingerprint density at radius 2 is 1.19 bits per heavy atom. The molecule has 0 N–H and O–H groups in total. The summed E-state index contributed by atoms with van der Waals surface area (Å²) in [6.07, 6.45) is 8.19. The van der Waals surface area contributed by atoms with Crippen molar-refractivity contribution in [2.45, 2.75) is 31.8 Å². The molecule has 6 aromatic rings. The number of hydrogen-bond donors (Lipinski definition) is 0. The van der Waals surface area contributed by atoms with Gasteiger partial charge in [0, 0.05) is 12.4 Å². The zero-order chi connectivity index (χ0) is 29.0. The summed E-state index contributed by atoms with van der Waals surface area (Å²) in [5.41, 5.74) is 6.71. The Bertz CT molecular complexity index is 1530. The third-order valence-electron chi connectivity index (χ3n) is 7.66. The van der Waals surface area contributed by atoms with Crippen LogP contribution in [0.2, 0.25) is 6.82 Å². The molecule has 0 atom stereocenters. The van der Waals surface area contributed by atoms with Gasteiger partial charge in [-0.3, -0.25) is 0 Å². The van der Waals surface area contributed by atoms with Crippen LogP contribution in [-0.4, -0.2) is 25.8 Å². The average molecular weight is 561 g/mol. The zero-order valence-electron chi connectivity index (χ0n) is 24.5. The third kappa shape index (κ3) is 6.90. The molecule has 5 aromatic carbocycles.